The second kappa shape index (κ2) is 7.39. The Hall–Kier alpha value is -1.06. The molecule has 0 amide bonds. The summed E-state index contributed by atoms with van der Waals surface area (Å²) in [6.45, 7) is 6.08. The molecule has 0 aromatic heterocycles. The minimum absolute atomic E-state index is 0.259. The molecular weight excluding hydrogens is 226 g/mol. The first-order valence-corrected chi connectivity index (χ1v) is 6.65. The van der Waals surface area contributed by atoms with Crippen molar-refractivity contribution in [2.75, 3.05) is 7.11 Å². The predicted molar refractivity (Wildman–Crippen MR) is 74.9 cm³/mol. The molecule has 3 heteroatoms. The molecule has 3 atom stereocenters. The second-order valence-corrected chi connectivity index (χ2v) is 4.86. The van der Waals surface area contributed by atoms with E-state index in [1.807, 2.05) is 25.1 Å². The molecule has 1 aromatic rings. The van der Waals surface area contributed by atoms with Gasteiger partial charge in [0.15, 0.2) is 0 Å². The van der Waals surface area contributed by atoms with Gasteiger partial charge in [0.05, 0.1) is 13.2 Å². The molecule has 1 rings (SSSR count). The molecule has 0 aliphatic rings. The van der Waals surface area contributed by atoms with Crippen LogP contribution in [0.2, 0.25) is 0 Å². The van der Waals surface area contributed by atoms with Gasteiger partial charge in [0.1, 0.15) is 5.75 Å². The predicted octanol–water partition coefficient (Wildman–Crippen LogP) is 2.90. The topological polar surface area (TPSA) is 41.5 Å². The number of benzene rings is 1. The van der Waals surface area contributed by atoms with Gasteiger partial charge in [-0.1, -0.05) is 25.1 Å². The largest absolute Gasteiger partial charge is 0.496 e. The lowest BCUT2D eigenvalue weighted by molar-refractivity contribution is 0.167. The molecule has 0 aliphatic carbocycles. The maximum Gasteiger partial charge on any atom is 0.123 e. The molecule has 102 valence electrons. The summed E-state index contributed by atoms with van der Waals surface area (Å²) < 4.78 is 5.40. The van der Waals surface area contributed by atoms with Gasteiger partial charge in [0.25, 0.3) is 0 Å². The minimum atomic E-state index is -0.275. The van der Waals surface area contributed by atoms with Crippen molar-refractivity contribution < 1.29 is 9.84 Å². The zero-order valence-electron chi connectivity index (χ0n) is 11.8. The van der Waals surface area contributed by atoms with Crippen LogP contribution in [0.15, 0.2) is 24.3 Å². The van der Waals surface area contributed by atoms with E-state index in [9.17, 15) is 5.11 Å². The molecule has 3 unspecified atom stereocenters. The summed E-state index contributed by atoms with van der Waals surface area (Å²) in [7, 11) is 1.70. The van der Waals surface area contributed by atoms with Crippen molar-refractivity contribution in [3.05, 3.63) is 29.8 Å². The number of nitrogens with one attached hydrogen (secondary N) is 1. The fraction of sp³-hybridized carbons (Fsp3) is 0.600. The van der Waals surface area contributed by atoms with E-state index in [-0.39, 0.29) is 18.2 Å². The molecule has 0 spiro atoms. The molecule has 0 saturated carbocycles. The van der Waals surface area contributed by atoms with Gasteiger partial charge in [-0.3, -0.25) is 0 Å². The summed E-state index contributed by atoms with van der Waals surface area (Å²) in [5.74, 6) is 0.918. The van der Waals surface area contributed by atoms with Crippen LogP contribution in [0.4, 0.5) is 0 Å². The number of aliphatic hydroxyl groups excluding tert-OH is 1. The Morgan fingerprint density at radius 2 is 1.94 bits per heavy atom. The van der Waals surface area contributed by atoms with E-state index >= 15 is 0 Å². The average molecular weight is 251 g/mol. The highest BCUT2D eigenvalue weighted by Gasteiger charge is 2.16. The van der Waals surface area contributed by atoms with Crippen molar-refractivity contribution in [3.63, 3.8) is 0 Å². The van der Waals surface area contributed by atoms with E-state index in [1.165, 1.54) is 5.56 Å². The van der Waals surface area contributed by atoms with Gasteiger partial charge in [-0.25, -0.2) is 0 Å². The van der Waals surface area contributed by atoms with Crippen LogP contribution in [0.3, 0.4) is 0 Å². The first kappa shape index (κ1) is 15.0. The van der Waals surface area contributed by atoms with Crippen molar-refractivity contribution in [2.24, 2.45) is 0 Å². The van der Waals surface area contributed by atoms with E-state index < -0.39 is 0 Å². The standard InChI is InChI=1S/C15H25NO2/c1-5-14(16-11(2)10-12(3)17)13-8-6-7-9-15(13)18-4/h6-9,11-12,14,16-17H,5,10H2,1-4H3. The highest BCUT2D eigenvalue weighted by atomic mass is 16.5. The van der Waals surface area contributed by atoms with E-state index in [2.05, 4.69) is 25.2 Å². The van der Waals surface area contributed by atoms with Crippen molar-refractivity contribution in [2.45, 2.75) is 51.8 Å². The second-order valence-electron chi connectivity index (χ2n) is 4.86. The summed E-state index contributed by atoms with van der Waals surface area (Å²) in [5, 5.41) is 13.0. The van der Waals surface area contributed by atoms with Gasteiger partial charge < -0.3 is 15.2 Å². The molecule has 1 aromatic carbocycles. The maximum atomic E-state index is 9.42. The molecule has 0 bridgehead atoms. The molecule has 0 radical (unpaired) electrons. The Bertz CT molecular complexity index is 352. The summed E-state index contributed by atoms with van der Waals surface area (Å²) in [6.07, 6.45) is 1.47. The van der Waals surface area contributed by atoms with Crippen LogP contribution in [-0.4, -0.2) is 24.4 Å². The zero-order valence-corrected chi connectivity index (χ0v) is 11.8. The van der Waals surface area contributed by atoms with Crippen LogP contribution in [-0.2, 0) is 0 Å². The molecule has 0 aliphatic heterocycles. The number of hydrogen-bond donors (Lipinski definition) is 2. The van der Waals surface area contributed by atoms with Gasteiger partial charge in [-0.05, 0) is 32.8 Å². The van der Waals surface area contributed by atoms with Crippen LogP contribution in [0, 0.1) is 0 Å². The monoisotopic (exact) mass is 251 g/mol. The van der Waals surface area contributed by atoms with E-state index in [4.69, 9.17) is 4.74 Å². The smallest absolute Gasteiger partial charge is 0.123 e. The Morgan fingerprint density at radius 3 is 2.50 bits per heavy atom. The maximum absolute atomic E-state index is 9.42. The van der Waals surface area contributed by atoms with E-state index in [0.717, 1.165) is 18.6 Å². The van der Waals surface area contributed by atoms with Crippen molar-refractivity contribution in [3.8, 4) is 5.75 Å². The fourth-order valence-electron chi connectivity index (χ4n) is 2.30. The number of para-hydroxylation sites is 1. The highest BCUT2D eigenvalue weighted by molar-refractivity contribution is 5.35. The van der Waals surface area contributed by atoms with E-state index in [1.54, 1.807) is 7.11 Å². The lowest BCUT2D eigenvalue weighted by Crippen LogP contribution is -2.32. The summed E-state index contributed by atoms with van der Waals surface area (Å²) in [6, 6.07) is 8.62. The Balaban J connectivity index is 2.76. The van der Waals surface area contributed by atoms with Crippen LogP contribution in [0.25, 0.3) is 0 Å². The molecule has 0 fully saturated rings. The van der Waals surface area contributed by atoms with Crippen molar-refractivity contribution >= 4 is 0 Å². The van der Waals surface area contributed by atoms with Crippen molar-refractivity contribution in [1.82, 2.24) is 5.32 Å². The lowest BCUT2D eigenvalue weighted by Gasteiger charge is -2.25. The van der Waals surface area contributed by atoms with Gasteiger partial charge in [0.2, 0.25) is 0 Å². The summed E-state index contributed by atoms with van der Waals surface area (Å²) in [4.78, 5) is 0. The number of ether oxygens (including phenoxy) is 1. The Morgan fingerprint density at radius 1 is 1.28 bits per heavy atom. The molecule has 18 heavy (non-hydrogen) atoms. The zero-order chi connectivity index (χ0) is 13.5. The first-order chi connectivity index (χ1) is 8.58. The number of aliphatic hydroxyl groups is 1. The molecule has 3 nitrogen and oxygen atoms in total. The minimum Gasteiger partial charge on any atom is -0.496 e. The van der Waals surface area contributed by atoms with E-state index in [0.29, 0.717) is 0 Å². The molecular formula is C15H25NO2. The van der Waals surface area contributed by atoms with Crippen LogP contribution in [0.5, 0.6) is 5.75 Å². The van der Waals surface area contributed by atoms with Crippen molar-refractivity contribution in [1.29, 1.82) is 0 Å². The lowest BCUT2D eigenvalue weighted by atomic mass is 10.0. The third-order valence-electron chi connectivity index (χ3n) is 3.10. The normalized spacial score (nSPS) is 16.1. The van der Waals surface area contributed by atoms with Gasteiger partial charge >= 0.3 is 0 Å². The summed E-state index contributed by atoms with van der Waals surface area (Å²) in [5.41, 5.74) is 1.18. The Kier molecular flexibility index (Phi) is 6.16. The highest BCUT2D eigenvalue weighted by Crippen LogP contribution is 2.27. The molecule has 0 saturated heterocycles. The molecule has 2 N–H and O–H groups in total. The van der Waals surface area contributed by atoms with Crippen LogP contribution < -0.4 is 10.1 Å². The first-order valence-electron chi connectivity index (χ1n) is 6.65. The third kappa shape index (κ3) is 4.31. The van der Waals surface area contributed by atoms with Crippen LogP contribution in [0.1, 0.15) is 45.2 Å². The average Bonchev–Trinajstić information content (AvgIpc) is 2.35. The quantitative estimate of drug-likeness (QED) is 0.783. The number of rotatable bonds is 7. The van der Waals surface area contributed by atoms with Gasteiger partial charge in [-0.15, -0.1) is 0 Å². The van der Waals surface area contributed by atoms with Gasteiger partial charge in [0, 0.05) is 17.6 Å². The van der Waals surface area contributed by atoms with Gasteiger partial charge in [-0.2, -0.15) is 0 Å². The molecule has 0 heterocycles. The number of methoxy groups -OCH3 is 1. The SMILES string of the molecule is CCC(NC(C)CC(C)O)c1ccccc1OC. The fourth-order valence-corrected chi connectivity index (χ4v) is 2.30. The summed E-state index contributed by atoms with van der Waals surface area (Å²) >= 11 is 0. The number of hydrogen-bond acceptors (Lipinski definition) is 3. The van der Waals surface area contributed by atoms with Crippen LogP contribution >= 0.6 is 0 Å². The Labute approximate surface area is 110 Å². The third-order valence-corrected chi connectivity index (χ3v) is 3.10.